The van der Waals surface area contributed by atoms with Crippen molar-refractivity contribution in [1.82, 2.24) is 25.1 Å². The van der Waals surface area contributed by atoms with Gasteiger partial charge in [-0.15, -0.1) is 10.2 Å². The number of rotatable bonds is 7. The first-order valence-corrected chi connectivity index (χ1v) is 10.8. The van der Waals surface area contributed by atoms with Gasteiger partial charge in [0, 0.05) is 29.0 Å². The van der Waals surface area contributed by atoms with E-state index in [0.717, 1.165) is 16.8 Å². The van der Waals surface area contributed by atoms with Crippen LogP contribution in [-0.2, 0) is 4.79 Å². The van der Waals surface area contributed by atoms with Crippen molar-refractivity contribution < 1.29 is 4.79 Å². The molecule has 2 heterocycles. The van der Waals surface area contributed by atoms with Crippen molar-refractivity contribution in [2.75, 3.05) is 5.75 Å². The zero-order chi connectivity index (χ0) is 21.0. The Morgan fingerprint density at radius 1 is 1.17 bits per heavy atom. The van der Waals surface area contributed by atoms with Crippen LogP contribution < -0.4 is 5.32 Å². The zero-order valence-electron chi connectivity index (χ0n) is 16.9. The van der Waals surface area contributed by atoms with Crippen molar-refractivity contribution in [2.45, 2.75) is 38.9 Å². The molecule has 6 nitrogen and oxygen atoms in total. The zero-order valence-corrected chi connectivity index (χ0v) is 18.5. The van der Waals surface area contributed by atoms with E-state index in [1.807, 2.05) is 48.7 Å². The smallest absolute Gasteiger partial charge is 0.230 e. The average Bonchev–Trinajstić information content (AvgIpc) is 3.12. The molecule has 1 unspecified atom stereocenters. The number of pyridine rings is 1. The largest absolute Gasteiger partial charge is 0.353 e. The molecule has 3 aromatic rings. The van der Waals surface area contributed by atoms with Crippen LogP contribution in [-0.4, -0.2) is 37.5 Å². The first-order valence-electron chi connectivity index (χ1n) is 9.42. The van der Waals surface area contributed by atoms with Gasteiger partial charge in [-0.05, 0) is 49.6 Å². The van der Waals surface area contributed by atoms with E-state index in [0.29, 0.717) is 21.9 Å². The second-order valence-electron chi connectivity index (χ2n) is 7.15. The van der Waals surface area contributed by atoms with Gasteiger partial charge in [0.15, 0.2) is 11.0 Å². The molecule has 0 aliphatic heterocycles. The van der Waals surface area contributed by atoms with Crippen LogP contribution in [0, 0.1) is 12.8 Å². The lowest BCUT2D eigenvalue weighted by molar-refractivity contribution is -0.119. The normalized spacial score (nSPS) is 12.2. The second-order valence-corrected chi connectivity index (χ2v) is 8.50. The Labute approximate surface area is 180 Å². The quantitative estimate of drug-likeness (QED) is 0.558. The molecule has 0 saturated heterocycles. The molecule has 0 saturated carbocycles. The Kier molecular flexibility index (Phi) is 6.92. The number of carbonyl (C=O) groups is 1. The van der Waals surface area contributed by atoms with Crippen LogP contribution in [0.15, 0.2) is 47.9 Å². The minimum absolute atomic E-state index is 0.0287. The Hall–Kier alpha value is -2.38. The third kappa shape index (κ3) is 4.97. The molecule has 29 heavy (non-hydrogen) atoms. The Morgan fingerprint density at radius 3 is 2.59 bits per heavy atom. The van der Waals surface area contributed by atoms with Gasteiger partial charge < -0.3 is 5.32 Å². The Morgan fingerprint density at radius 2 is 1.90 bits per heavy atom. The third-order valence-electron chi connectivity index (χ3n) is 4.77. The highest BCUT2D eigenvalue weighted by molar-refractivity contribution is 7.99. The van der Waals surface area contributed by atoms with Crippen molar-refractivity contribution in [3.8, 4) is 17.1 Å². The van der Waals surface area contributed by atoms with Gasteiger partial charge in [0.05, 0.1) is 11.4 Å². The van der Waals surface area contributed by atoms with E-state index in [1.54, 1.807) is 12.4 Å². The van der Waals surface area contributed by atoms with Gasteiger partial charge in [-0.3, -0.25) is 14.3 Å². The van der Waals surface area contributed by atoms with Gasteiger partial charge >= 0.3 is 0 Å². The molecule has 1 amide bonds. The van der Waals surface area contributed by atoms with Gasteiger partial charge in [0.25, 0.3) is 0 Å². The molecule has 1 atom stereocenters. The molecule has 1 aromatic carbocycles. The van der Waals surface area contributed by atoms with Crippen molar-refractivity contribution in [3.05, 3.63) is 53.3 Å². The summed E-state index contributed by atoms with van der Waals surface area (Å²) in [6.45, 7) is 8.13. The highest BCUT2D eigenvalue weighted by atomic mass is 35.5. The number of hydrogen-bond acceptors (Lipinski definition) is 5. The highest BCUT2D eigenvalue weighted by Crippen LogP contribution is 2.31. The van der Waals surface area contributed by atoms with Crippen LogP contribution in [0.25, 0.3) is 17.1 Å². The molecule has 8 heteroatoms. The number of benzene rings is 1. The molecule has 0 aliphatic carbocycles. The van der Waals surface area contributed by atoms with E-state index in [9.17, 15) is 4.79 Å². The van der Waals surface area contributed by atoms with Gasteiger partial charge in [-0.25, -0.2) is 0 Å². The fourth-order valence-electron chi connectivity index (χ4n) is 2.70. The van der Waals surface area contributed by atoms with Crippen LogP contribution in [0.3, 0.4) is 0 Å². The number of carbonyl (C=O) groups excluding carboxylic acids is 1. The Bertz CT molecular complexity index is 990. The molecule has 0 spiro atoms. The summed E-state index contributed by atoms with van der Waals surface area (Å²) in [5, 5.41) is 13.1. The van der Waals surface area contributed by atoms with E-state index >= 15 is 0 Å². The summed E-state index contributed by atoms with van der Waals surface area (Å²) in [6.07, 6.45) is 3.43. The van der Waals surface area contributed by atoms with Crippen molar-refractivity contribution in [2.24, 2.45) is 5.92 Å². The van der Waals surface area contributed by atoms with Gasteiger partial charge in [0.2, 0.25) is 5.91 Å². The Balaban J connectivity index is 1.95. The number of thioether (sulfide) groups is 1. The van der Waals surface area contributed by atoms with E-state index < -0.39 is 0 Å². The summed E-state index contributed by atoms with van der Waals surface area (Å²) >= 11 is 7.71. The summed E-state index contributed by atoms with van der Waals surface area (Å²) in [4.78, 5) is 16.4. The SMILES string of the molecule is Cc1c(Cl)cccc1-n1c(SCC(=O)NC(C)C(C)C)nnc1-c1ccncc1. The number of halogens is 1. The van der Waals surface area contributed by atoms with E-state index in [2.05, 4.69) is 34.3 Å². The number of amides is 1. The summed E-state index contributed by atoms with van der Waals surface area (Å²) in [5.74, 6) is 1.28. The van der Waals surface area contributed by atoms with Gasteiger partial charge in [-0.2, -0.15) is 0 Å². The number of hydrogen-bond donors (Lipinski definition) is 1. The van der Waals surface area contributed by atoms with Crippen LogP contribution in [0.1, 0.15) is 26.3 Å². The van der Waals surface area contributed by atoms with Gasteiger partial charge in [0.1, 0.15) is 0 Å². The maximum atomic E-state index is 12.4. The molecular weight excluding hydrogens is 406 g/mol. The fraction of sp³-hybridized carbons (Fsp3) is 0.333. The van der Waals surface area contributed by atoms with E-state index in [1.165, 1.54) is 11.8 Å². The van der Waals surface area contributed by atoms with E-state index in [4.69, 9.17) is 11.6 Å². The minimum atomic E-state index is -0.0287. The van der Waals surface area contributed by atoms with Crippen LogP contribution in [0.4, 0.5) is 0 Å². The molecule has 2 aromatic heterocycles. The maximum absolute atomic E-state index is 12.4. The third-order valence-corrected chi connectivity index (χ3v) is 6.11. The van der Waals surface area contributed by atoms with E-state index in [-0.39, 0.29) is 17.7 Å². The summed E-state index contributed by atoms with van der Waals surface area (Å²) in [5.41, 5.74) is 2.69. The monoisotopic (exact) mass is 429 g/mol. The molecule has 0 bridgehead atoms. The highest BCUT2D eigenvalue weighted by Gasteiger charge is 2.20. The predicted molar refractivity (Wildman–Crippen MR) is 118 cm³/mol. The first kappa shape index (κ1) is 21.3. The lowest BCUT2D eigenvalue weighted by atomic mass is 10.1. The molecule has 1 N–H and O–H groups in total. The molecule has 3 rings (SSSR count). The summed E-state index contributed by atoms with van der Waals surface area (Å²) < 4.78 is 1.94. The molecule has 0 aliphatic rings. The number of nitrogens with one attached hydrogen (secondary N) is 1. The van der Waals surface area contributed by atoms with Crippen LogP contribution in [0.5, 0.6) is 0 Å². The van der Waals surface area contributed by atoms with Crippen molar-refractivity contribution >= 4 is 29.3 Å². The lowest BCUT2D eigenvalue weighted by Crippen LogP contribution is -2.37. The second kappa shape index (κ2) is 9.41. The molecule has 152 valence electrons. The van der Waals surface area contributed by atoms with Crippen LogP contribution >= 0.6 is 23.4 Å². The first-order chi connectivity index (χ1) is 13.9. The van der Waals surface area contributed by atoms with Crippen LogP contribution in [0.2, 0.25) is 5.02 Å². The van der Waals surface area contributed by atoms with Crippen molar-refractivity contribution in [1.29, 1.82) is 0 Å². The molecular formula is C21H24ClN5OS. The summed E-state index contributed by atoms with van der Waals surface area (Å²) in [7, 11) is 0. The summed E-state index contributed by atoms with van der Waals surface area (Å²) in [6, 6.07) is 9.60. The molecule has 0 radical (unpaired) electrons. The number of aromatic nitrogens is 4. The maximum Gasteiger partial charge on any atom is 0.230 e. The topological polar surface area (TPSA) is 72.7 Å². The van der Waals surface area contributed by atoms with Crippen molar-refractivity contribution in [3.63, 3.8) is 0 Å². The lowest BCUT2D eigenvalue weighted by Gasteiger charge is -2.17. The molecule has 0 fully saturated rings. The van der Waals surface area contributed by atoms with Gasteiger partial charge in [-0.1, -0.05) is 43.3 Å². The average molecular weight is 430 g/mol. The standard InChI is InChI=1S/C21H24ClN5OS/c1-13(2)15(4)24-19(28)12-29-21-26-25-20(16-8-10-23-11-9-16)27(21)18-7-5-6-17(22)14(18)3/h5-11,13,15H,12H2,1-4H3,(H,24,28). The fourth-order valence-corrected chi connectivity index (χ4v) is 3.62. The number of nitrogens with zero attached hydrogens (tertiary/aromatic N) is 4. The minimum Gasteiger partial charge on any atom is -0.353 e. The predicted octanol–water partition coefficient (Wildman–Crippen LogP) is 4.54.